The second-order valence-electron chi connectivity index (χ2n) is 8.33. The molecule has 0 aliphatic carbocycles. The molecule has 0 saturated carbocycles. The zero-order chi connectivity index (χ0) is 27.4. The number of ether oxygens (including phenoxy) is 3. The van der Waals surface area contributed by atoms with Crippen LogP contribution in [-0.2, 0) is 9.59 Å². The molecule has 1 aliphatic heterocycles. The fourth-order valence-electron chi connectivity index (χ4n) is 4.33. The Kier molecular flexibility index (Phi) is 8.12. The van der Waals surface area contributed by atoms with Crippen molar-refractivity contribution in [2.24, 2.45) is 0 Å². The summed E-state index contributed by atoms with van der Waals surface area (Å²) in [5, 5.41) is 22.0. The average molecular weight is 538 g/mol. The number of hydrogen-bond acceptors (Lipinski definition) is 7. The lowest BCUT2D eigenvalue weighted by Gasteiger charge is -2.26. The van der Waals surface area contributed by atoms with Gasteiger partial charge < -0.3 is 24.4 Å². The molecule has 1 atom stereocenters. The molecule has 1 heterocycles. The highest BCUT2D eigenvalue weighted by Gasteiger charge is 2.47. The molecule has 1 unspecified atom stereocenters. The summed E-state index contributed by atoms with van der Waals surface area (Å²) in [6, 6.07) is 14.9. The largest absolute Gasteiger partial charge is 0.507 e. The predicted molar refractivity (Wildman–Crippen MR) is 144 cm³/mol. The van der Waals surface area contributed by atoms with Gasteiger partial charge in [-0.05, 0) is 80.9 Å². The number of rotatable bonds is 9. The Morgan fingerprint density at radius 1 is 0.868 bits per heavy atom. The van der Waals surface area contributed by atoms with Crippen LogP contribution >= 0.6 is 11.6 Å². The minimum Gasteiger partial charge on any atom is -0.507 e. The molecule has 1 fully saturated rings. The quantitative estimate of drug-likeness (QED) is 0.200. The molecular formula is C29H28ClNO7. The molecule has 2 N–H and O–H groups in total. The number of carbonyl (C=O) groups excluding carboxylic acids is 2. The molecule has 1 amide bonds. The maximum absolute atomic E-state index is 13.4. The maximum Gasteiger partial charge on any atom is 0.300 e. The van der Waals surface area contributed by atoms with E-state index in [4.69, 9.17) is 25.8 Å². The van der Waals surface area contributed by atoms with Crippen molar-refractivity contribution >= 4 is 34.7 Å². The highest BCUT2D eigenvalue weighted by Crippen LogP contribution is 2.44. The first-order valence-electron chi connectivity index (χ1n) is 12.2. The lowest BCUT2D eigenvalue weighted by Crippen LogP contribution is -2.29. The van der Waals surface area contributed by atoms with Crippen molar-refractivity contribution in [2.75, 3.05) is 24.7 Å². The van der Waals surface area contributed by atoms with E-state index in [2.05, 4.69) is 0 Å². The van der Waals surface area contributed by atoms with E-state index in [9.17, 15) is 19.8 Å². The number of aromatic hydroxyl groups is 1. The Balaban J connectivity index is 1.92. The van der Waals surface area contributed by atoms with Crippen LogP contribution in [0.15, 0.2) is 66.2 Å². The van der Waals surface area contributed by atoms with Crippen LogP contribution in [0.3, 0.4) is 0 Å². The summed E-state index contributed by atoms with van der Waals surface area (Å²) in [7, 11) is 0. The van der Waals surface area contributed by atoms with Crippen LogP contribution in [0.1, 0.15) is 37.9 Å². The van der Waals surface area contributed by atoms with Crippen molar-refractivity contribution in [3.8, 4) is 23.0 Å². The fourth-order valence-corrected chi connectivity index (χ4v) is 4.50. The average Bonchev–Trinajstić information content (AvgIpc) is 3.17. The van der Waals surface area contributed by atoms with Crippen LogP contribution in [0, 0.1) is 0 Å². The maximum atomic E-state index is 13.4. The van der Waals surface area contributed by atoms with Gasteiger partial charge in [0.1, 0.15) is 17.3 Å². The van der Waals surface area contributed by atoms with Crippen molar-refractivity contribution < 1.29 is 34.0 Å². The molecule has 9 heteroatoms. The van der Waals surface area contributed by atoms with Crippen molar-refractivity contribution in [3.63, 3.8) is 0 Å². The molecule has 38 heavy (non-hydrogen) atoms. The van der Waals surface area contributed by atoms with Crippen molar-refractivity contribution in [2.45, 2.75) is 26.8 Å². The number of phenolic OH excluding ortho intramolecular Hbond substituents is 1. The van der Waals surface area contributed by atoms with Gasteiger partial charge in [0.15, 0.2) is 11.5 Å². The SMILES string of the molecule is CCOc1ccc(N2C(=O)C(=O)/C(=C(\O)c3ccc(Cl)c(OCC)c3)C2c2ccc(O)c(OCC)c2)cc1. The van der Waals surface area contributed by atoms with Crippen LogP contribution in [0.5, 0.6) is 23.0 Å². The van der Waals surface area contributed by atoms with Gasteiger partial charge in [0.05, 0.1) is 36.5 Å². The van der Waals surface area contributed by atoms with Gasteiger partial charge in [0.2, 0.25) is 0 Å². The van der Waals surface area contributed by atoms with Gasteiger partial charge in [-0.2, -0.15) is 0 Å². The van der Waals surface area contributed by atoms with Crippen LogP contribution in [0.2, 0.25) is 5.02 Å². The highest BCUT2D eigenvalue weighted by atomic mass is 35.5. The predicted octanol–water partition coefficient (Wildman–Crippen LogP) is 5.87. The molecule has 0 radical (unpaired) electrons. The molecule has 3 aromatic carbocycles. The van der Waals surface area contributed by atoms with Crippen molar-refractivity contribution in [3.05, 3.63) is 82.4 Å². The third kappa shape index (κ3) is 5.13. The van der Waals surface area contributed by atoms with Gasteiger partial charge >= 0.3 is 0 Å². The third-order valence-corrected chi connectivity index (χ3v) is 6.29. The first-order chi connectivity index (χ1) is 18.3. The molecule has 8 nitrogen and oxygen atoms in total. The summed E-state index contributed by atoms with van der Waals surface area (Å²) < 4.78 is 16.6. The molecule has 1 aliphatic rings. The zero-order valence-corrected chi connectivity index (χ0v) is 22.0. The zero-order valence-electron chi connectivity index (χ0n) is 21.2. The normalized spacial score (nSPS) is 16.5. The second kappa shape index (κ2) is 11.5. The number of phenols is 1. The lowest BCUT2D eigenvalue weighted by molar-refractivity contribution is -0.132. The molecular weight excluding hydrogens is 510 g/mol. The van der Waals surface area contributed by atoms with E-state index in [1.54, 1.807) is 62.4 Å². The van der Waals surface area contributed by atoms with Crippen LogP contribution in [-0.4, -0.2) is 41.7 Å². The number of ketones is 1. The van der Waals surface area contributed by atoms with Gasteiger partial charge in [-0.1, -0.05) is 17.7 Å². The number of carbonyl (C=O) groups is 2. The van der Waals surface area contributed by atoms with Gasteiger partial charge in [-0.3, -0.25) is 14.5 Å². The van der Waals surface area contributed by atoms with Gasteiger partial charge in [0, 0.05) is 11.3 Å². The summed E-state index contributed by atoms with van der Waals surface area (Å²) in [6.07, 6.45) is 0. The molecule has 0 aromatic heterocycles. The Morgan fingerprint density at radius 2 is 1.53 bits per heavy atom. The minimum atomic E-state index is -1.01. The summed E-state index contributed by atoms with van der Waals surface area (Å²) in [6.45, 7) is 6.55. The van der Waals surface area contributed by atoms with E-state index in [1.165, 1.54) is 17.0 Å². The summed E-state index contributed by atoms with van der Waals surface area (Å²) in [5.41, 5.74) is 1.02. The molecule has 0 bridgehead atoms. The van der Waals surface area contributed by atoms with Gasteiger partial charge in [-0.25, -0.2) is 0 Å². The number of amides is 1. The summed E-state index contributed by atoms with van der Waals surface area (Å²) in [4.78, 5) is 28.2. The molecule has 0 spiro atoms. The van der Waals surface area contributed by atoms with Gasteiger partial charge in [0.25, 0.3) is 11.7 Å². The summed E-state index contributed by atoms with van der Waals surface area (Å²) in [5.74, 6) is -1.02. The lowest BCUT2D eigenvalue weighted by atomic mass is 9.94. The molecule has 3 aromatic rings. The smallest absolute Gasteiger partial charge is 0.300 e. The fraction of sp³-hybridized carbons (Fsp3) is 0.241. The molecule has 198 valence electrons. The van der Waals surface area contributed by atoms with Crippen molar-refractivity contribution in [1.29, 1.82) is 0 Å². The van der Waals surface area contributed by atoms with E-state index >= 15 is 0 Å². The van der Waals surface area contributed by atoms with E-state index < -0.39 is 17.7 Å². The van der Waals surface area contributed by atoms with E-state index in [-0.39, 0.29) is 28.4 Å². The number of aliphatic hydroxyl groups is 1. The van der Waals surface area contributed by atoms with Crippen LogP contribution < -0.4 is 19.1 Å². The second-order valence-corrected chi connectivity index (χ2v) is 8.74. The standard InChI is InChI=1S/C29H28ClNO7/c1-4-36-20-11-9-19(10-12-20)31-26(17-8-14-22(32)24(15-17)38-6-3)25(28(34)29(31)35)27(33)18-7-13-21(30)23(16-18)37-5-2/h7-16,26,32-33H,4-6H2,1-3H3/b27-25-. The van der Waals surface area contributed by atoms with Gasteiger partial charge in [-0.15, -0.1) is 0 Å². The number of Topliss-reactive ketones (excluding diaryl/α,β-unsaturated/α-hetero) is 1. The minimum absolute atomic E-state index is 0.0901. The Morgan fingerprint density at radius 3 is 2.18 bits per heavy atom. The number of nitrogens with zero attached hydrogens (tertiary/aromatic N) is 1. The monoisotopic (exact) mass is 537 g/mol. The topological polar surface area (TPSA) is 106 Å². The van der Waals surface area contributed by atoms with Crippen molar-refractivity contribution in [1.82, 2.24) is 0 Å². The molecule has 4 rings (SSSR count). The van der Waals surface area contributed by atoms with Crippen LogP contribution in [0.4, 0.5) is 5.69 Å². The summed E-state index contributed by atoms with van der Waals surface area (Å²) >= 11 is 6.22. The van der Waals surface area contributed by atoms with E-state index in [0.717, 1.165) is 0 Å². The number of aliphatic hydroxyl groups excluding tert-OH is 1. The Labute approximate surface area is 225 Å². The number of anilines is 1. The number of hydrogen-bond donors (Lipinski definition) is 2. The first-order valence-corrected chi connectivity index (χ1v) is 12.6. The van der Waals surface area contributed by atoms with E-state index in [0.29, 0.717) is 47.6 Å². The Hall–Kier alpha value is -4.17. The highest BCUT2D eigenvalue weighted by molar-refractivity contribution is 6.51. The first kappa shape index (κ1) is 26.9. The molecule has 1 saturated heterocycles. The third-order valence-electron chi connectivity index (χ3n) is 5.97. The van der Waals surface area contributed by atoms with Crippen LogP contribution in [0.25, 0.3) is 5.76 Å². The Bertz CT molecular complexity index is 1380. The number of benzene rings is 3. The number of halogens is 1. The van der Waals surface area contributed by atoms with E-state index in [1.807, 2.05) is 6.92 Å².